The SMILES string of the molecule is CCCCCCc1ncnc(CCCCCC)c1-c1nc(-c2ccccc2)cc(-c2ccccc2)n1. The van der Waals surface area contributed by atoms with E-state index in [2.05, 4.69) is 68.4 Å². The molecule has 0 N–H and O–H groups in total. The van der Waals surface area contributed by atoms with Crippen molar-refractivity contribution in [2.75, 3.05) is 0 Å². The summed E-state index contributed by atoms with van der Waals surface area (Å²) >= 11 is 0. The fraction of sp³-hybridized carbons (Fsp3) is 0.375. The van der Waals surface area contributed by atoms with Gasteiger partial charge in [0.1, 0.15) is 6.33 Å². The first kappa shape index (κ1) is 25.7. The van der Waals surface area contributed by atoms with Crippen LogP contribution in [0, 0.1) is 0 Å². The van der Waals surface area contributed by atoms with Gasteiger partial charge in [0.15, 0.2) is 5.82 Å². The lowest BCUT2D eigenvalue weighted by molar-refractivity contribution is 0.650. The van der Waals surface area contributed by atoms with Crippen molar-refractivity contribution in [3.8, 4) is 33.9 Å². The summed E-state index contributed by atoms with van der Waals surface area (Å²) < 4.78 is 0. The number of hydrogen-bond acceptors (Lipinski definition) is 4. The number of hydrogen-bond donors (Lipinski definition) is 0. The molecule has 0 amide bonds. The number of aryl methyl sites for hydroxylation is 2. The van der Waals surface area contributed by atoms with Crippen LogP contribution in [0.2, 0.25) is 0 Å². The smallest absolute Gasteiger partial charge is 0.164 e. The number of benzene rings is 2. The minimum absolute atomic E-state index is 0.742. The highest BCUT2D eigenvalue weighted by molar-refractivity contribution is 5.73. The first-order valence-corrected chi connectivity index (χ1v) is 13.6. The van der Waals surface area contributed by atoms with Crippen molar-refractivity contribution in [1.82, 2.24) is 19.9 Å². The van der Waals surface area contributed by atoms with Crippen LogP contribution in [0.4, 0.5) is 0 Å². The minimum atomic E-state index is 0.742. The van der Waals surface area contributed by atoms with Crippen LogP contribution in [0.15, 0.2) is 73.1 Å². The normalized spacial score (nSPS) is 11.1. The Hall–Kier alpha value is -3.40. The van der Waals surface area contributed by atoms with Crippen LogP contribution in [-0.4, -0.2) is 19.9 Å². The highest BCUT2D eigenvalue weighted by atomic mass is 14.9. The molecule has 4 aromatic rings. The molecule has 4 rings (SSSR count). The van der Waals surface area contributed by atoms with E-state index in [1.165, 1.54) is 38.5 Å². The van der Waals surface area contributed by atoms with E-state index >= 15 is 0 Å². The van der Waals surface area contributed by atoms with Gasteiger partial charge < -0.3 is 0 Å². The van der Waals surface area contributed by atoms with Gasteiger partial charge in [-0.1, -0.05) is 113 Å². The summed E-state index contributed by atoms with van der Waals surface area (Å²) in [7, 11) is 0. The average Bonchev–Trinajstić information content (AvgIpc) is 2.94. The Morgan fingerprint density at radius 2 is 1.03 bits per heavy atom. The number of aromatic nitrogens is 4. The second kappa shape index (κ2) is 13.6. The molecule has 0 unspecified atom stereocenters. The van der Waals surface area contributed by atoms with E-state index in [1.54, 1.807) is 6.33 Å². The van der Waals surface area contributed by atoms with Crippen LogP contribution >= 0.6 is 0 Å². The fourth-order valence-corrected chi connectivity index (χ4v) is 4.61. The van der Waals surface area contributed by atoms with Crippen molar-refractivity contribution in [1.29, 1.82) is 0 Å². The molecule has 2 aromatic heterocycles. The maximum Gasteiger partial charge on any atom is 0.164 e. The average molecular weight is 479 g/mol. The van der Waals surface area contributed by atoms with Gasteiger partial charge in [-0.2, -0.15) is 0 Å². The van der Waals surface area contributed by atoms with E-state index in [0.717, 1.165) is 71.0 Å². The predicted octanol–water partition coefficient (Wildman–Crippen LogP) is 8.51. The molecule has 4 heteroatoms. The summed E-state index contributed by atoms with van der Waals surface area (Å²) in [5.74, 6) is 0.742. The van der Waals surface area contributed by atoms with Crippen LogP contribution < -0.4 is 0 Å². The fourth-order valence-electron chi connectivity index (χ4n) is 4.61. The van der Waals surface area contributed by atoms with E-state index in [0.29, 0.717) is 0 Å². The van der Waals surface area contributed by atoms with Gasteiger partial charge in [-0.15, -0.1) is 0 Å². The summed E-state index contributed by atoms with van der Waals surface area (Å²) in [6, 6.07) is 22.9. The summed E-state index contributed by atoms with van der Waals surface area (Å²) in [6.45, 7) is 4.50. The molecule has 0 aliphatic rings. The van der Waals surface area contributed by atoms with Crippen molar-refractivity contribution >= 4 is 0 Å². The number of rotatable bonds is 13. The quantitative estimate of drug-likeness (QED) is 0.181. The second-order valence-electron chi connectivity index (χ2n) is 9.46. The first-order valence-electron chi connectivity index (χ1n) is 13.6. The Morgan fingerprint density at radius 1 is 0.556 bits per heavy atom. The molecule has 0 aliphatic heterocycles. The Morgan fingerprint density at radius 3 is 1.47 bits per heavy atom. The monoisotopic (exact) mass is 478 g/mol. The molecule has 0 bridgehead atoms. The summed E-state index contributed by atoms with van der Waals surface area (Å²) in [4.78, 5) is 19.8. The Labute approximate surface area is 216 Å². The second-order valence-corrected chi connectivity index (χ2v) is 9.46. The zero-order chi connectivity index (χ0) is 25.0. The van der Waals surface area contributed by atoms with Crippen LogP contribution in [0.3, 0.4) is 0 Å². The molecule has 0 spiro atoms. The van der Waals surface area contributed by atoms with Gasteiger partial charge in [-0.25, -0.2) is 19.9 Å². The van der Waals surface area contributed by atoms with Gasteiger partial charge in [-0.05, 0) is 31.7 Å². The van der Waals surface area contributed by atoms with Crippen LogP contribution in [0.5, 0.6) is 0 Å². The molecule has 2 heterocycles. The van der Waals surface area contributed by atoms with Gasteiger partial charge in [0.05, 0.1) is 28.3 Å². The third-order valence-corrected chi connectivity index (χ3v) is 6.63. The van der Waals surface area contributed by atoms with Crippen LogP contribution in [0.25, 0.3) is 33.9 Å². The topological polar surface area (TPSA) is 51.6 Å². The van der Waals surface area contributed by atoms with E-state index in [9.17, 15) is 0 Å². The summed E-state index contributed by atoms with van der Waals surface area (Å²) in [5, 5.41) is 0. The Balaban J connectivity index is 1.82. The minimum Gasteiger partial charge on any atom is -0.241 e. The van der Waals surface area contributed by atoms with E-state index in [-0.39, 0.29) is 0 Å². The van der Waals surface area contributed by atoms with Crippen LogP contribution in [-0.2, 0) is 12.8 Å². The van der Waals surface area contributed by atoms with Crippen molar-refractivity contribution in [2.45, 2.75) is 78.1 Å². The zero-order valence-corrected chi connectivity index (χ0v) is 21.8. The molecule has 4 nitrogen and oxygen atoms in total. The number of unbranched alkanes of at least 4 members (excludes halogenated alkanes) is 6. The summed E-state index contributed by atoms with van der Waals surface area (Å²) in [5.41, 5.74) is 7.23. The largest absolute Gasteiger partial charge is 0.241 e. The number of nitrogens with zero attached hydrogens (tertiary/aromatic N) is 4. The van der Waals surface area contributed by atoms with Crippen LogP contribution in [0.1, 0.15) is 76.6 Å². The highest BCUT2D eigenvalue weighted by Gasteiger charge is 2.19. The molecule has 0 fully saturated rings. The molecule has 0 radical (unpaired) electrons. The molecular formula is C32H38N4. The maximum absolute atomic E-state index is 5.12. The lowest BCUT2D eigenvalue weighted by Gasteiger charge is -2.15. The predicted molar refractivity (Wildman–Crippen MR) is 150 cm³/mol. The lowest BCUT2D eigenvalue weighted by Crippen LogP contribution is -2.07. The maximum atomic E-state index is 5.12. The van der Waals surface area contributed by atoms with E-state index in [4.69, 9.17) is 19.9 Å². The molecule has 36 heavy (non-hydrogen) atoms. The molecule has 0 atom stereocenters. The molecule has 0 aliphatic carbocycles. The molecule has 0 saturated carbocycles. The van der Waals surface area contributed by atoms with Gasteiger partial charge >= 0.3 is 0 Å². The third-order valence-electron chi connectivity index (χ3n) is 6.63. The van der Waals surface area contributed by atoms with Crippen molar-refractivity contribution in [3.63, 3.8) is 0 Å². The first-order chi connectivity index (χ1) is 17.8. The van der Waals surface area contributed by atoms with Crippen molar-refractivity contribution in [2.24, 2.45) is 0 Å². The van der Waals surface area contributed by atoms with Crippen molar-refractivity contribution < 1.29 is 0 Å². The Bertz CT molecular complexity index is 1120. The van der Waals surface area contributed by atoms with Gasteiger partial charge in [0.25, 0.3) is 0 Å². The highest BCUT2D eigenvalue weighted by Crippen LogP contribution is 2.31. The third kappa shape index (κ3) is 6.84. The molecule has 0 saturated heterocycles. The molecular weight excluding hydrogens is 440 g/mol. The molecule has 186 valence electrons. The van der Waals surface area contributed by atoms with E-state index in [1.807, 2.05) is 12.1 Å². The Kier molecular flexibility index (Phi) is 9.72. The standard InChI is InChI=1S/C32H38N4/c1-3-5-7-15-21-27-31(28(34-24-33-27)22-16-8-6-4-2)32-35-29(25-17-11-9-12-18-25)23-30(36-32)26-19-13-10-14-20-26/h9-14,17-20,23-24H,3-8,15-16,21-22H2,1-2H3. The summed E-state index contributed by atoms with van der Waals surface area (Å²) in [6.07, 6.45) is 13.2. The zero-order valence-electron chi connectivity index (χ0n) is 21.8. The van der Waals surface area contributed by atoms with Gasteiger partial charge in [0.2, 0.25) is 0 Å². The lowest BCUT2D eigenvalue weighted by atomic mass is 10.00. The van der Waals surface area contributed by atoms with Gasteiger partial charge in [-0.3, -0.25) is 0 Å². The van der Waals surface area contributed by atoms with E-state index < -0.39 is 0 Å². The van der Waals surface area contributed by atoms with Crippen molar-refractivity contribution in [3.05, 3.63) is 84.4 Å². The molecule has 2 aromatic carbocycles. The van der Waals surface area contributed by atoms with Gasteiger partial charge in [0, 0.05) is 11.1 Å².